The minimum Gasteiger partial charge on any atom is -0.490 e. The van der Waals surface area contributed by atoms with Gasteiger partial charge in [0, 0.05) is 0 Å². The molecular weight excluding hydrogens is 228 g/mol. The summed E-state index contributed by atoms with van der Waals surface area (Å²) in [6, 6.07) is 5.76. The summed E-state index contributed by atoms with van der Waals surface area (Å²) in [4.78, 5) is 0. The molecule has 1 N–H and O–H groups in total. The maximum Gasteiger partial charge on any atom is 0.161 e. The lowest BCUT2D eigenvalue weighted by atomic mass is 10.0. The first-order valence-corrected chi connectivity index (χ1v) is 6.78. The summed E-state index contributed by atoms with van der Waals surface area (Å²) >= 11 is 0. The number of rotatable bonds is 6. The molecule has 1 aromatic rings. The van der Waals surface area contributed by atoms with Crippen LogP contribution in [-0.2, 0) is 5.60 Å². The van der Waals surface area contributed by atoms with Crippen molar-refractivity contribution in [1.82, 2.24) is 0 Å². The van der Waals surface area contributed by atoms with E-state index in [1.54, 1.807) is 0 Å². The fraction of sp³-hybridized carbons (Fsp3) is 0.600. The van der Waals surface area contributed by atoms with Gasteiger partial charge in [-0.15, -0.1) is 0 Å². The molecule has 3 nitrogen and oxygen atoms in total. The first-order valence-electron chi connectivity index (χ1n) is 6.78. The highest BCUT2D eigenvalue weighted by Crippen LogP contribution is 2.54. The summed E-state index contributed by atoms with van der Waals surface area (Å²) in [5.41, 5.74) is 0.298. The Bertz CT molecular complexity index is 416. The third-order valence-corrected chi connectivity index (χ3v) is 3.61. The monoisotopic (exact) mass is 250 g/mol. The first kappa shape index (κ1) is 13.2. The molecule has 0 saturated heterocycles. The van der Waals surface area contributed by atoms with Crippen LogP contribution in [0.3, 0.4) is 0 Å². The summed E-state index contributed by atoms with van der Waals surface area (Å²) in [5, 5.41) is 10.5. The van der Waals surface area contributed by atoms with Crippen molar-refractivity contribution in [2.45, 2.75) is 39.2 Å². The van der Waals surface area contributed by atoms with Crippen molar-refractivity contribution < 1.29 is 14.6 Å². The summed E-state index contributed by atoms with van der Waals surface area (Å²) in [6.07, 6.45) is 1.86. The van der Waals surface area contributed by atoms with Crippen LogP contribution in [-0.4, -0.2) is 18.3 Å². The summed E-state index contributed by atoms with van der Waals surface area (Å²) < 4.78 is 11.1. The second-order valence-electron chi connectivity index (χ2n) is 4.76. The molecule has 0 heterocycles. The van der Waals surface area contributed by atoms with Crippen LogP contribution >= 0.6 is 0 Å². The predicted octanol–water partition coefficient (Wildman–Crippen LogP) is 3.10. The molecule has 2 rings (SSSR count). The van der Waals surface area contributed by atoms with E-state index in [2.05, 4.69) is 6.92 Å². The zero-order chi connectivity index (χ0) is 13.2. The van der Waals surface area contributed by atoms with E-state index in [0.29, 0.717) is 19.1 Å². The third kappa shape index (κ3) is 2.32. The van der Waals surface area contributed by atoms with Crippen molar-refractivity contribution in [2.24, 2.45) is 5.92 Å². The molecule has 1 aliphatic rings. The molecule has 18 heavy (non-hydrogen) atoms. The van der Waals surface area contributed by atoms with E-state index in [1.165, 1.54) is 0 Å². The average molecular weight is 250 g/mol. The van der Waals surface area contributed by atoms with E-state index in [9.17, 15) is 5.11 Å². The maximum absolute atomic E-state index is 10.5. The van der Waals surface area contributed by atoms with E-state index >= 15 is 0 Å². The summed E-state index contributed by atoms with van der Waals surface area (Å²) in [5.74, 6) is 1.86. The highest BCUT2D eigenvalue weighted by atomic mass is 16.5. The summed E-state index contributed by atoms with van der Waals surface area (Å²) in [6.45, 7) is 7.22. The highest BCUT2D eigenvalue weighted by molar-refractivity contribution is 5.46. The van der Waals surface area contributed by atoms with Crippen molar-refractivity contribution in [2.75, 3.05) is 13.2 Å². The molecule has 2 unspecified atom stereocenters. The van der Waals surface area contributed by atoms with Gasteiger partial charge in [-0.1, -0.05) is 19.4 Å². The van der Waals surface area contributed by atoms with E-state index < -0.39 is 5.60 Å². The van der Waals surface area contributed by atoms with Crippen molar-refractivity contribution in [3.05, 3.63) is 23.8 Å². The maximum atomic E-state index is 10.5. The van der Waals surface area contributed by atoms with Crippen LogP contribution in [0.5, 0.6) is 11.5 Å². The molecule has 1 aliphatic carbocycles. The quantitative estimate of drug-likeness (QED) is 0.843. The fourth-order valence-corrected chi connectivity index (χ4v) is 2.47. The molecule has 1 aromatic carbocycles. The Morgan fingerprint density at radius 2 is 1.83 bits per heavy atom. The molecular formula is C15H22O3. The van der Waals surface area contributed by atoms with Gasteiger partial charge in [0.2, 0.25) is 0 Å². The lowest BCUT2D eigenvalue weighted by molar-refractivity contribution is 0.130. The van der Waals surface area contributed by atoms with E-state index in [0.717, 1.165) is 29.9 Å². The smallest absolute Gasteiger partial charge is 0.161 e. The molecule has 1 saturated carbocycles. The molecule has 0 spiro atoms. The fourth-order valence-electron chi connectivity index (χ4n) is 2.47. The normalized spacial score (nSPS) is 25.9. The van der Waals surface area contributed by atoms with Crippen molar-refractivity contribution in [3.8, 4) is 11.5 Å². The molecule has 3 heteroatoms. The van der Waals surface area contributed by atoms with Crippen LogP contribution in [0.1, 0.15) is 39.2 Å². The Kier molecular flexibility index (Phi) is 3.81. The predicted molar refractivity (Wildman–Crippen MR) is 71.1 cm³/mol. The van der Waals surface area contributed by atoms with Crippen molar-refractivity contribution in [1.29, 1.82) is 0 Å². The zero-order valence-electron chi connectivity index (χ0n) is 11.4. The summed E-state index contributed by atoms with van der Waals surface area (Å²) in [7, 11) is 0. The molecule has 1 fully saturated rings. The van der Waals surface area contributed by atoms with Crippen LogP contribution in [0.4, 0.5) is 0 Å². The number of hydrogen-bond acceptors (Lipinski definition) is 3. The Balaban J connectivity index is 2.26. The molecule has 0 radical (unpaired) electrons. The van der Waals surface area contributed by atoms with E-state index in [4.69, 9.17) is 9.47 Å². The SMILES string of the molecule is CCOc1ccc(C2(O)CC2CC)cc1OCC. The first-order chi connectivity index (χ1) is 8.65. The average Bonchev–Trinajstić information content (AvgIpc) is 3.05. The zero-order valence-corrected chi connectivity index (χ0v) is 11.4. The second kappa shape index (κ2) is 5.19. The van der Waals surface area contributed by atoms with Gasteiger partial charge in [0.1, 0.15) is 0 Å². The van der Waals surface area contributed by atoms with Crippen LogP contribution in [0.25, 0.3) is 0 Å². The van der Waals surface area contributed by atoms with Crippen molar-refractivity contribution >= 4 is 0 Å². The molecule has 0 aliphatic heterocycles. The van der Waals surface area contributed by atoms with Crippen LogP contribution in [0.2, 0.25) is 0 Å². The third-order valence-electron chi connectivity index (χ3n) is 3.61. The Hall–Kier alpha value is -1.22. The number of ether oxygens (including phenoxy) is 2. The topological polar surface area (TPSA) is 38.7 Å². The molecule has 2 atom stereocenters. The second-order valence-corrected chi connectivity index (χ2v) is 4.76. The number of aliphatic hydroxyl groups is 1. The largest absolute Gasteiger partial charge is 0.490 e. The van der Waals surface area contributed by atoms with Crippen LogP contribution in [0.15, 0.2) is 18.2 Å². The van der Waals surface area contributed by atoms with Gasteiger partial charge in [0.25, 0.3) is 0 Å². The highest BCUT2D eigenvalue weighted by Gasteiger charge is 2.52. The van der Waals surface area contributed by atoms with Gasteiger partial charge < -0.3 is 14.6 Å². The Morgan fingerprint density at radius 1 is 1.17 bits per heavy atom. The Morgan fingerprint density at radius 3 is 2.39 bits per heavy atom. The van der Waals surface area contributed by atoms with Gasteiger partial charge >= 0.3 is 0 Å². The minimum atomic E-state index is -0.647. The van der Waals surface area contributed by atoms with Gasteiger partial charge in [-0.25, -0.2) is 0 Å². The number of benzene rings is 1. The lowest BCUT2D eigenvalue weighted by Crippen LogP contribution is -2.09. The van der Waals surface area contributed by atoms with E-state index in [1.807, 2.05) is 32.0 Å². The molecule has 100 valence electrons. The van der Waals surface area contributed by atoms with Gasteiger partial charge in [-0.3, -0.25) is 0 Å². The van der Waals surface area contributed by atoms with Crippen molar-refractivity contribution in [3.63, 3.8) is 0 Å². The van der Waals surface area contributed by atoms with E-state index in [-0.39, 0.29) is 0 Å². The van der Waals surface area contributed by atoms with Crippen LogP contribution in [0, 0.1) is 5.92 Å². The minimum absolute atomic E-state index is 0.380. The Labute approximate surface area is 109 Å². The lowest BCUT2D eigenvalue weighted by Gasteiger charge is -2.15. The molecule has 0 bridgehead atoms. The molecule has 0 amide bonds. The van der Waals surface area contributed by atoms with Gasteiger partial charge in [-0.05, 0) is 43.9 Å². The van der Waals surface area contributed by atoms with Gasteiger partial charge in [-0.2, -0.15) is 0 Å². The molecule has 0 aromatic heterocycles. The van der Waals surface area contributed by atoms with Gasteiger partial charge in [0.15, 0.2) is 11.5 Å². The van der Waals surface area contributed by atoms with Gasteiger partial charge in [0.05, 0.1) is 18.8 Å². The number of hydrogen-bond donors (Lipinski definition) is 1. The van der Waals surface area contributed by atoms with Crippen LogP contribution < -0.4 is 9.47 Å². The standard InChI is InChI=1S/C15H22O3/c1-4-11-10-15(11,16)12-7-8-13(17-5-2)14(9-12)18-6-3/h7-9,11,16H,4-6,10H2,1-3H3.